The van der Waals surface area contributed by atoms with Crippen LogP contribution in [-0.4, -0.2) is 34.2 Å². The van der Waals surface area contributed by atoms with Gasteiger partial charge in [0.25, 0.3) is 0 Å². The van der Waals surface area contributed by atoms with Crippen LogP contribution in [0, 0.1) is 13.8 Å². The number of carbonyl (C=O) groups is 1. The molecule has 30 heavy (non-hydrogen) atoms. The fourth-order valence-electron chi connectivity index (χ4n) is 3.40. The molecule has 3 rings (SSSR count). The highest BCUT2D eigenvalue weighted by molar-refractivity contribution is 6.35. The summed E-state index contributed by atoms with van der Waals surface area (Å²) < 4.78 is 1.85. The molecule has 3 aromatic rings. The van der Waals surface area contributed by atoms with Crippen LogP contribution < -0.4 is 5.32 Å². The highest BCUT2D eigenvalue weighted by atomic mass is 35.5. The van der Waals surface area contributed by atoms with Crippen LogP contribution in [0.2, 0.25) is 10.0 Å². The molecule has 7 heteroatoms. The van der Waals surface area contributed by atoms with Gasteiger partial charge < -0.3 is 5.32 Å². The summed E-state index contributed by atoms with van der Waals surface area (Å²) in [5.74, 6) is -0.0462. The van der Waals surface area contributed by atoms with Crippen molar-refractivity contribution in [3.05, 3.63) is 75.5 Å². The second-order valence-electron chi connectivity index (χ2n) is 7.41. The summed E-state index contributed by atoms with van der Waals surface area (Å²) in [7, 11) is 1.98. The molecule has 0 fully saturated rings. The van der Waals surface area contributed by atoms with E-state index in [4.69, 9.17) is 23.2 Å². The lowest BCUT2D eigenvalue weighted by Gasteiger charge is -2.25. The molecule has 5 nitrogen and oxygen atoms in total. The van der Waals surface area contributed by atoms with E-state index in [0.717, 1.165) is 28.3 Å². The summed E-state index contributed by atoms with van der Waals surface area (Å²) in [6, 6.07) is 15.4. The molecular weight excluding hydrogens is 419 g/mol. The van der Waals surface area contributed by atoms with Gasteiger partial charge in [-0.25, -0.2) is 4.68 Å². The Labute approximate surface area is 187 Å². The monoisotopic (exact) mass is 444 g/mol. The Morgan fingerprint density at radius 2 is 1.87 bits per heavy atom. The van der Waals surface area contributed by atoms with E-state index in [1.54, 1.807) is 6.07 Å². The molecule has 0 saturated heterocycles. The molecule has 1 N–H and O–H groups in total. The largest absolute Gasteiger partial charge is 0.323 e. The summed E-state index contributed by atoms with van der Waals surface area (Å²) in [6.07, 6.45) is 0.363. The number of carbonyl (C=O) groups excluding carboxylic acids is 1. The van der Waals surface area contributed by atoms with Crippen molar-refractivity contribution in [2.45, 2.75) is 33.2 Å². The molecule has 1 aromatic heterocycles. The van der Waals surface area contributed by atoms with Gasteiger partial charge in [0.15, 0.2) is 0 Å². The number of anilines is 1. The van der Waals surface area contributed by atoms with Crippen LogP contribution in [-0.2, 0) is 4.79 Å². The first-order valence-electron chi connectivity index (χ1n) is 9.84. The predicted molar refractivity (Wildman–Crippen MR) is 124 cm³/mol. The van der Waals surface area contributed by atoms with E-state index in [2.05, 4.69) is 22.2 Å². The zero-order chi connectivity index (χ0) is 21.8. The Hall–Kier alpha value is -2.34. The first kappa shape index (κ1) is 22.3. The molecule has 2 aromatic carbocycles. The summed E-state index contributed by atoms with van der Waals surface area (Å²) in [6.45, 7) is 6.51. The van der Waals surface area contributed by atoms with Gasteiger partial charge in [0, 0.05) is 29.1 Å². The van der Waals surface area contributed by atoms with Crippen molar-refractivity contribution < 1.29 is 4.79 Å². The molecule has 1 atom stereocenters. The molecule has 0 aliphatic carbocycles. The number of halogens is 2. The van der Waals surface area contributed by atoms with Gasteiger partial charge in [-0.1, -0.05) is 47.5 Å². The van der Waals surface area contributed by atoms with Crippen molar-refractivity contribution in [1.82, 2.24) is 14.7 Å². The SMILES string of the molecule is Cc1nn(-c2ccccc2)c(C)c1NC(=O)CCN(C)C(C)c1ccc(Cl)cc1Cl. The first-order valence-corrected chi connectivity index (χ1v) is 10.6. The third kappa shape index (κ3) is 5.04. The first-order chi connectivity index (χ1) is 14.3. The highest BCUT2D eigenvalue weighted by Crippen LogP contribution is 2.29. The molecule has 1 unspecified atom stereocenters. The standard InChI is InChI=1S/C23H26Cl2N4O/c1-15-23(17(3)29(27-15)19-8-6-5-7-9-19)26-22(30)12-13-28(4)16(2)20-11-10-18(24)14-21(20)25/h5-11,14,16H,12-13H2,1-4H3,(H,26,30). The van der Waals surface area contributed by atoms with Gasteiger partial charge in [-0.3, -0.25) is 9.69 Å². The molecule has 0 bridgehead atoms. The lowest BCUT2D eigenvalue weighted by molar-refractivity contribution is -0.116. The van der Waals surface area contributed by atoms with Crippen LogP contribution in [0.3, 0.4) is 0 Å². The average molecular weight is 445 g/mol. The number of benzene rings is 2. The summed E-state index contributed by atoms with van der Waals surface area (Å²) in [4.78, 5) is 14.7. The number of nitrogens with zero attached hydrogens (tertiary/aromatic N) is 3. The molecule has 1 heterocycles. The average Bonchev–Trinajstić information content (AvgIpc) is 3.00. The molecule has 0 aliphatic heterocycles. The van der Waals surface area contributed by atoms with E-state index in [0.29, 0.717) is 23.0 Å². The minimum absolute atomic E-state index is 0.0462. The maximum atomic E-state index is 12.6. The molecule has 158 valence electrons. The third-order valence-corrected chi connectivity index (χ3v) is 5.88. The Morgan fingerprint density at radius 3 is 2.53 bits per heavy atom. The lowest BCUT2D eigenvalue weighted by atomic mass is 10.1. The van der Waals surface area contributed by atoms with Crippen LogP contribution in [0.1, 0.15) is 36.3 Å². The van der Waals surface area contributed by atoms with Crippen molar-refractivity contribution in [3.8, 4) is 5.69 Å². The number of para-hydroxylation sites is 1. The molecule has 0 aliphatic rings. The van der Waals surface area contributed by atoms with Gasteiger partial charge in [0.1, 0.15) is 0 Å². The summed E-state index contributed by atoms with van der Waals surface area (Å²) >= 11 is 12.3. The maximum absolute atomic E-state index is 12.6. The van der Waals surface area contributed by atoms with Gasteiger partial charge >= 0.3 is 0 Å². The van der Waals surface area contributed by atoms with Crippen LogP contribution in [0.4, 0.5) is 5.69 Å². The number of nitrogens with one attached hydrogen (secondary N) is 1. The third-order valence-electron chi connectivity index (χ3n) is 5.32. The quantitative estimate of drug-likeness (QED) is 0.499. The zero-order valence-corrected chi connectivity index (χ0v) is 19.1. The van der Waals surface area contributed by atoms with Gasteiger partial charge in [-0.15, -0.1) is 0 Å². The molecular formula is C23H26Cl2N4O. The topological polar surface area (TPSA) is 50.2 Å². The van der Waals surface area contributed by atoms with E-state index in [1.165, 1.54) is 0 Å². The summed E-state index contributed by atoms with van der Waals surface area (Å²) in [5, 5.41) is 8.85. The van der Waals surface area contributed by atoms with Crippen molar-refractivity contribution in [3.63, 3.8) is 0 Å². The van der Waals surface area contributed by atoms with E-state index in [9.17, 15) is 4.79 Å². The van der Waals surface area contributed by atoms with E-state index < -0.39 is 0 Å². The second-order valence-corrected chi connectivity index (χ2v) is 8.26. The highest BCUT2D eigenvalue weighted by Gasteiger charge is 2.18. The Morgan fingerprint density at radius 1 is 1.17 bits per heavy atom. The van der Waals surface area contributed by atoms with Crippen LogP contribution in [0.5, 0.6) is 0 Å². The second kappa shape index (κ2) is 9.65. The van der Waals surface area contributed by atoms with Crippen molar-refractivity contribution in [1.29, 1.82) is 0 Å². The Kier molecular flexibility index (Phi) is 7.19. The van der Waals surface area contributed by atoms with Crippen LogP contribution in [0.25, 0.3) is 5.69 Å². The van der Waals surface area contributed by atoms with Gasteiger partial charge in [0.2, 0.25) is 5.91 Å². The minimum Gasteiger partial charge on any atom is -0.323 e. The predicted octanol–water partition coefficient (Wildman–Crippen LogP) is 5.82. The van der Waals surface area contributed by atoms with Crippen LogP contribution in [0.15, 0.2) is 48.5 Å². The van der Waals surface area contributed by atoms with E-state index in [1.807, 2.05) is 68.0 Å². The minimum atomic E-state index is -0.0462. The van der Waals surface area contributed by atoms with E-state index >= 15 is 0 Å². The normalized spacial score (nSPS) is 12.2. The van der Waals surface area contributed by atoms with Gasteiger partial charge in [0.05, 0.1) is 22.8 Å². The van der Waals surface area contributed by atoms with E-state index in [-0.39, 0.29) is 11.9 Å². The number of hydrogen-bond acceptors (Lipinski definition) is 3. The number of rotatable bonds is 7. The fraction of sp³-hybridized carbons (Fsp3) is 0.304. The Bertz CT molecular complexity index is 1030. The number of hydrogen-bond donors (Lipinski definition) is 1. The van der Waals surface area contributed by atoms with Crippen molar-refractivity contribution >= 4 is 34.8 Å². The van der Waals surface area contributed by atoms with Crippen molar-refractivity contribution in [2.24, 2.45) is 0 Å². The zero-order valence-electron chi connectivity index (χ0n) is 17.6. The maximum Gasteiger partial charge on any atom is 0.225 e. The Balaban J connectivity index is 1.63. The lowest BCUT2D eigenvalue weighted by Crippen LogP contribution is -2.27. The number of amides is 1. The number of aryl methyl sites for hydroxylation is 1. The smallest absolute Gasteiger partial charge is 0.225 e. The fourth-order valence-corrected chi connectivity index (χ4v) is 3.96. The molecule has 0 radical (unpaired) electrons. The molecule has 0 spiro atoms. The van der Waals surface area contributed by atoms with Gasteiger partial charge in [-0.05, 0) is 57.6 Å². The number of aromatic nitrogens is 2. The molecule has 1 amide bonds. The van der Waals surface area contributed by atoms with Gasteiger partial charge in [-0.2, -0.15) is 5.10 Å². The van der Waals surface area contributed by atoms with Crippen LogP contribution >= 0.6 is 23.2 Å². The molecule has 0 saturated carbocycles. The van der Waals surface area contributed by atoms with Crippen molar-refractivity contribution in [2.75, 3.05) is 18.9 Å². The summed E-state index contributed by atoms with van der Waals surface area (Å²) in [5.41, 5.74) is 4.41.